The van der Waals surface area contributed by atoms with Crippen molar-refractivity contribution in [2.24, 2.45) is 35.5 Å². The molecule has 15 atom stereocenters. The number of aliphatic hydroxyl groups excluding tert-OH is 3. The molecule has 412 valence electrons. The Balaban J connectivity index is 1.68. The summed E-state index contributed by atoms with van der Waals surface area (Å²) in [6.45, 7) is 11.6. The first kappa shape index (κ1) is 61.4. The number of fused-ring (bicyclic) bond motifs is 3. The number of nitrogens with zero attached hydrogens (tertiary/aromatic N) is 1. The first-order valence-corrected chi connectivity index (χ1v) is 26.3. The number of amides is 2. The number of esters is 1. The minimum atomic E-state index is -2.47. The Hall–Kier alpha value is -4.14. The van der Waals surface area contributed by atoms with Gasteiger partial charge in [-0.15, -0.1) is 0 Å². The number of rotatable bonds is 10. The molecule has 18 nitrogen and oxygen atoms in total. The number of ether oxygens (including phenoxy) is 6. The Morgan fingerprint density at radius 3 is 2.23 bits per heavy atom. The molecule has 2 saturated heterocycles. The third kappa shape index (κ3) is 16.9. The van der Waals surface area contributed by atoms with Crippen molar-refractivity contribution in [3.8, 4) is 0 Å². The number of nitrogens with one attached hydrogen (secondary N) is 1. The average Bonchev–Trinajstić information content (AvgIpc) is 3.37. The molecule has 0 aromatic rings. The van der Waals surface area contributed by atoms with Crippen molar-refractivity contribution < 1.29 is 77.6 Å². The zero-order chi connectivity index (χ0) is 54.2. The summed E-state index contributed by atoms with van der Waals surface area (Å²) >= 11 is 0. The topological polar surface area (TPSA) is 254 Å². The van der Waals surface area contributed by atoms with E-state index in [1.807, 2.05) is 51.2 Å². The Morgan fingerprint density at radius 1 is 0.863 bits per heavy atom. The largest absolute Gasteiger partial charge is 0.460 e. The Bertz CT molecular complexity index is 1980. The molecular weight excluding hydrogens is 945 g/mol. The van der Waals surface area contributed by atoms with E-state index in [1.165, 1.54) is 14.2 Å². The van der Waals surface area contributed by atoms with Crippen molar-refractivity contribution in [1.82, 2.24) is 10.2 Å². The van der Waals surface area contributed by atoms with Gasteiger partial charge in [-0.3, -0.25) is 19.2 Å². The average molecular weight is 1030 g/mol. The van der Waals surface area contributed by atoms with Gasteiger partial charge in [-0.05, 0) is 107 Å². The SMILES string of the molecule is CO[C@H]1C[C@@H]2CC[C@@H](C)[C@@](O)(O2)C(=O)C(=O)N2CCCC[C@H]2C(=O)O[C@H]([C@H](C)CC2CC[C@H](OC(=O)NC(CO)CO)[C@@H](OC)C2)CC(=O)[C@H](C)/C=C(\C)[C@@H](O)[C@@H](OC)C(=O)[C@H](C)C[C@H](C)\C=C/C=C/C=C/1C. The van der Waals surface area contributed by atoms with Crippen molar-refractivity contribution in [2.75, 3.05) is 41.1 Å². The van der Waals surface area contributed by atoms with Crippen LogP contribution in [-0.2, 0) is 52.4 Å². The molecule has 2 amide bonds. The van der Waals surface area contributed by atoms with Crippen LogP contribution in [-0.4, -0.2) is 162 Å². The summed E-state index contributed by atoms with van der Waals surface area (Å²) in [5, 5.41) is 44.8. The lowest BCUT2D eigenvalue weighted by molar-refractivity contribution is -0.265. The summed E-state index contributed by atoms with van der Waals surface area (Å²) in [6.07, 6.45) is 9.04. The zero-order valence-electron chi connectivity index (χ0n) is 44.9. The molecule has 4 aliphatic rings. The standard InChI is InChI=1S/C55H86N2O16/c1-32-16-12-11-13-17-33(2)45(68-8)28-41-21-19-38(7)55(67,73-41)51(63)52(64)57-23-15-14-18-42(57)53(65)71-46(29-43(60)34(3)25-37(6)49(62)50(70-10)48(61)36(5)24-32)35(4)26-39-20-22-44(47(27-39)69-9)72-54(66)56-40(30-58)31-59/h11-13,16-17,25,32,34-36,38-42,44-47,49-50,58-59,62,67H,14-15,18-24,26-31H2,1-10H3,(H,56,66)/b13-11+,16-12-,33-17+,37-25+/t32-,34-,35-,36-,38-,39?,41+,42+,44+,45+,46+,47+,49-,50+,55-/m1/s1. The van der Waals surface area contributed by atoms with Gasteiger partial charge in [0.05, 0.1) is 37.6 Å². The summed E-state index contributed by atoms with van der Waals surface area (Å²) in [6, 6.07) is -2.09. The lowest BCUT2D eigenvalue weighted by Crippen LogP contribution is -2.61. The van der Waals surface area contributed by atoms with E-state index in [2.05, 4.69) is 5.32 Å². The molecule has 5 N–H and O–H groups in total. The van der Waals surface area contributed by atoms with E-state index in [1.54, 1.807) is 40.9 Å². The third-order valence-corrected chi connectivity index (χ3v) is 15.5. The van der Waals surface area contributed by atoms with E-state index in [0.717, 1.165) is 10.5 Å². The molecule has 1 saturated carbocycles. The van der Waals surface area contributed by atoms with E-state index in [0.29, 0.717) is 69.8 Å². The molecule has 3 fully saturated rings. The van der Waals surface area contributed by atoms with Crippen LogP contribution in [0.1, 0.15) is 126 Å². The number of allylic oxidation sites excluding steroid dienone is 6. The first-order chi connectivity index (χ1) is 34.6. The monoisotopic (exact) mass is 1030 g/mol. The molecule has 0 aromatic heterocycles. The van der Waals surface area contributed by atoms with Crippen LogP contribution in [0.5, 0.6) is 0 Å². The summed E-state index contributed by atoms with van der Waals surface area (Å²) in [4.78, 5) is 85.0. The van der Waals surface area contributed by atoms with Crippen LogP contribution < -0.4 is 5.32 Å². The van der Waals surface area contributed by atoms with Gasteiger partial charge in [0.15, 0.2) is 5.78 Å². The van der Waals surface area contributed by atoms with Gasteiger partial charge in [0.1, 0.15) is 36.2 Å². The van der Waals surface area contributed by atoms with Crippen molar-refractivity contribution in [2.45, 2.75) is 186 Å². The fourth-order valence-corrected chi connectivity index (χ4v) is 10.7. The van der Waals surface area contributed by atoms with Crippen molar-refractivity contribution >= 4 is 35.3 Å². The van der Waals surface area contributed by atoms with Gasteiger partial charge >= 0.3 is 12.1 Å². The van der Waals surface area contributed by atoms with Gasteiger partial charge in [-0.25, -0.2) is 9.59 Å². The highest BCUT2D eigenvalue weighted by Gasteiger charge is 2.53. The number of hydrogen-bond acceptors (Lipinski definition) is 16. The van der Waals surface area contributed by atoms with Crippen LogP contribution in [0.25, 0.3) is 0 Å². The zero-order valence-corrected chi connectivity index (χ0v) is 44.9. The van der Waals surface area contributed by atoms with Gasteiger partial charge in [0.2, 0.25) is 5.79 Å². The van der Waals surface area contributed by atoms with Gasteiger partial charge < -0.3 is 59.1 Å². The second-order valence-electron chi connectivity index (χ2n) is 21.2. The normalized spacial score (nSPS) is 37.2. The maximum absolute atomic E-state index is 14.5. The number of ketones is 3. The fourth-order valence-electron chi connectivity index (χ4n) is 10.7. The van der Waals surface area contributed by atoms with E-state index >= 15 is 0 Å². The molecule has 73 heavy (non-hydrogen) atoms. The van der Waals surface area contributed by atoms with Crippen molar-refractivity contribution in [3.05, 3.63) is 47.6 Å². The summed E-state index contributed by atoms with van der Waals surface area (Å²) in [5.74, 6) is -8.61. The Labute approximate surface area is 432 Å². The summed E-state index contributed by atoms with van der Waals surface area (Å²) < 4.78 is 35.3. The fraction of sp³-hybridized carbons (Fsp3) is 0.745. The molecule has 3 aliphatic heterocycles. The van der Waals surface area contributed by atoms with Crippen LogP contribution in [0.3, 0.4) is 0 Å². The molecule has 0 spiro atoms. The molecule has 18 heteroatoms. The van der Waals surface area contributed by atoms with Gasteiger partial charge in [-0.2, -0.15) is 0 Å². The van der Waals surface area contributed by atoms with Gasteiger partial charge in [-0.1, -0.05) is 71.1 Å². The minimum absolute atomic E-state index is 0.00693. The van der Waals surface area contributed by atoms with Crippen LogP contribution >= 0.6 is 0 Å². The Kier molecular flexibility index (Phi) is 24.6. The maximum Gasteiger partial charge on any atom is 0.407 e. The molecule has 3 heterocycles. The number of aliphatic hydroxyl groups is 4. The van der Waals surface area contributed by atoms with Gasteiger partial charge in [0, 0.05) is 58.5 Å². The highest BCUT2D eigenvalue weighted by atomic mass is 16.6. The van der Waals surface area contributed by atoms with E-state index in [-0.39, 0.29) is 42.8 Å². The lowest BCUT2D eigenvalue weighted by atomic mass is 9.78. The number of carbonyl (C=O) groups is 6. The number of Topliss-reactive ketones (excluding diaryl/α,β-unsaturated/α-hetero) is 3. The number of carbonyl (C=O) groups excluding carboxylic acids is 6. The highest BCUT2D eigenvalue weighted by Crippen LogP contribution is 2.38. The number of methoxy groups -OCH3 is 3. The highest BCUT2D eigenvalue weighted by molar-refractivity contribution is 6.39. The number of hydrogen-bond donors (Lipinski definition) is 5. The third-order valence-electron chi connectivity index (χ3n) is 15.5. The number of cyclic esters (lactones) is 1. The second-order valence-corrected chi connectivity index (χ2v) is 21.2. The summed E-state index contributed by atoms with van der Waals surface area (Å²) in [7, 11) is 4.43. The molecule has 1 aliphatic carbocycles. The smallest absolute Gasteiger partial charge is 0.407 e. The number of piperidine rings is 1. The lowest BCUT2D eigenvalue weighted by Gasteiger charge is -2.42. The maximum atomic E-state index is 14.5. The van der Waals surface area contributed by atoms with Crippen LogP contribution in [0, 0.1) is 35.5 Å². The van der Waals surface area contributed by atoms with Gasteiger partial charge in [0.25, 0.3) is 11.7 Å². The van der Waals surface area contributed by atoms with E-state index in [4.69, 9.17) is 28.4 Å². The van der Waals surface area contributed by atoms with Crippen LogP contribution in [0.2, 0.25) is 0 Å². The van der Waals surface area contributed by atoms with Crippen molar-refractivity contribution in [3.63, 3.8) is 0 Å². The van der Waals surface area contributed by atoms with Crippen LogP contribution in [0.15, 0.2) is 47.6 Å². The molecule has 0 radical (unpaired) electrons. The quantitative estimate of drug-likeness (QED) is 0.106. The first-order valence-electron chi connectivity index (χ1n) is 26.3. The van der Waals surface area contributed by atoms with Crippen LogP contribution in [0.4, 0.5) is 4.79 Å². The van der Waals surface area contributed by atoms with Crippen molar-refractivity contribution in [1.29, 1.82) is 0 Å². The molecular formula is C55H86N2O16. The molecule has 0 aromatic carbocycles. The molecule has 4 rings (SSSR count). The number of alkyl carbamates (subject to hydrolysis) is 1. The summed E-state index contributed by atoms with van der Waals surface area (Å²) in [5.41, 5.74) is 1.21. The minimum Gasteiger partial charge on any atom is -0.460 e. The Morgan fingerprint density at radius 2 is 1.58 bits per heavy atom. The predicted octanol–water partition coefficient (Wildman–Crippen LogP) is 5.27. The molecule has 1 unspecified atom stereocenters. The van der Waals surface area contributed by atoms with E-state index in [9.17, 15) is 49.2 Å². The second kappa shape index (κ2) is 29.2. The van der Waals surface area contributed by atoms with E-state index < -0.39 is 121 Å². The predicted molar refractivity (Wildman–Crippen MR) is 270 cm³/mol. The molecule has 2 bridgehead atoms.